The Morgan fingerprint density at radius 2 is 2.15 bits per heavy atom. The second-order valence-corrected chi connectivity index (χ2v) is 5.48. The van der Waals surface area contributed by atoms with Gasteiger partial charge in [0, 0.05) is 31.2 Å². The van der Waals surface area contributed by atoms with Crippen LogP contribution in [0.5, 0.6) is 0 Å². The Labute approximate surface area is 125 Å². The Morgan fingerprint density at radius 3 is 2.75 bits per heavy atom. The quantitative estimate of drug-likeness (QED) is 0.756. The highest BCUT2D eigenvalue weighted by Gasteiger charge is 2.34. The zero-order valence-electron chi connectivity index (χ0n) is 11.2. The molecule has 1 atom stereocenters. The van der Waals surface area contributed by atoms with E-state index in [0.717, 1.165) is 19.4 Å². The second kappa shape index (κ2) is 6.35. The molecule has 0 spiro atoms. The highest BCUT2D eigenvalue weighted by atomic mass is 79.9. The van der Waals surface area contributed by atoms with Gasteiger partial charge in [-0.15, -0.1) is 0 Å². The third-order valence-corrected chi connectivity index (χ3v) is 4.22. The number of nitrogens with zero attached hydrogens (tertiary/aromatic N) is 1. The number of anilines is 1. The predicted molar refractivity (Wildman–Crippen MR) is 76.3 cm³/mol. The number of halogens is 4. The summed E-state index contributed by atoms with van der Waals surface area (Å²) in [6.07, 6.45) is -2.34. The summed E-state index contributed by atoms with van der Waals surface area (Å²) in [7, 11) is 1.64. The van der Waals surface area contributed by atoms with E-state index in [9.17, 15) is 13.2 Å². The number of piperidine rings is 1. The van der Waals surface area contributed by atoms with Crippen molar-refractivity contribution < 1.29 is 17.9 Å². The first-order chi connectivity index (χ1) is 9.45. The normalized spacial score (nSPS) is 20.2. The molecular formula is C14H17BrF3NO. The molecule has 1 fully saturated rings. The largest absolute Gasteiger partial charge is 0.416 e. The lowest BCUT2D eigenvalue weighted by Gasteiger charge is -2.34. The molecule has 0 bridgehead atoms. The Balaban J connectivity index is 2.29. The maximum atomic E-state index is 13.1. The highest BCUT2D eigenvalue weighted by Crippen LogP contribution is 2.36. The monoisotopic (exact) mass is 351 g/mol. The molecular weight excluding hydrogens is 335 g/mol. The van der Waals surface area contributed by atoms with Gasteiger partial charge in [0.25, 0.3) is 0 Å². The van der Waals surface area contributed by atoms with Gasteiger partial charge in [0.15, 0.2) is 0 Å². The topological polar surface area (TPSA) is 12.5 Å². The van der Waals surface area contributed by atoms with Crippen LogP contribution < -0.4 is 4.90 Å². The predicted octanol–water partition coefficient (Wildman–Crippen LogP) is 4.22. The number of ether oxygens (including phenoxy) is 1. The smallest absolute Gasteiger partial charge is 0.380 e. The lowest BCUT2D eigenvalue weighted by molar-refractivity contribution is -0.138. The van der Waals surface area contributed by atoms with Gasteiger partial charge in [-0.2, -0.15) is 13.2 Å². The molecule has 1 aromatic carbocycles. The van der Waals surface area contributed by atoms with Crippen molar-refractivity contribution >= 4 is 21.6 Å². The number of hydrogen-bond acceptors (Lipinski definition) is 2. The minimum Gasteiger partial charge on any atom is -0.380 e. The van der Waals surface area contributed by atoms with E-state index in [2.05, 4.69) is 15.9 Å². The molecule has 1 unspecified atom stereocenters. The Hall–Kier alpha value is -0.750. The summed E-state index contributed by atoms with van der Waals surface area (Å²) < 4.78 is 44.5. The molecule has 0 saturated carbocycles. The van der Waals surface area contributed by atoms with Gasteiger partial charge in [-0.1, -0.05) is 22.0 Å². The summed E-state index contributed by atoms with van der Waals surface area (Å²) in [5.74, 6) is 0. The standard InChI is InChI=1S/C14H17BrF3NO/c1-20-12-3-2-6-19(9-12)11-5-4-10(8-15)13(7-11)14(16,17)18/h4-5,7,12H,2-3,6,8-9H2,1H3. The average Bonchev–Trinajstić information content (AvgIpc) is 2.45. The van der Waals surface area contributed by atoms with Crippen molar-refractivity contribution in [2.24, 2.45) is 0 Å². The molecule has 0 N–H and O–H groups in total. The highest BCUT2D eigenvalue weighted by molar-refractivity contribution is 9.08. The summed E-state index contributed by atoms with van der Waals surface area (Å²) in [5.41, 5.74) is 0.316. The summed E-state index contributed by atoms with van der Waals surface area (Å²) in [6, 6.07) is 4.54. The van der Waals surface area contributed by atoms with Crippen LogP contribution in [-0.2, 0) is 16.2 Å². The molecule has 1 aromatic rings. The average molecular weight is 352 g/mol. The van der Waals surface area contributed by atoms with E-state index in [1.165, 1.54) is 6.07 Å². The zero-order chi connectivity index (χ0) is 14.8. The summed E-state index contributed by atoms with van der Waals surface area (Å²) >= 11 is 3.11. The Morgan fingerprint density at radius 1 is 1.40 bits per heavy atom. The molecule has 6 heteroatoms. The first-order valence-corrected chi connectivity index (χ1v) is 7.61. The van der Waals surface area contributed by atoms with Crippen LogP contribution in [0.2, 0.25) is 0 Å². The number of rotatable bonds is 3. The molecule has 0 aromatic heterocycles. The van der Waals surface area contributed by atoms with Crippen molar-refractivity contribution in [3.8, 4) is 0 Å². The van der Waals surface area contributed by atoms with Gasteiger partial charge in [-0.05, 0) is 30.5 Å². The first-order valence-electron chi connectivity index (χ1n) is 6.49. The summed E-state index contributed by atoms with van der Waals surface area (Å²) in [5, 5.41) is 0.197. The van der Waals surface area contributed by atoms with E-state index in [4.69, 9.17) is 4.74 Å². The minimum atomic E-state index is -4.32. The molecule has 0 amide bonds. The molecule has 2 rings (SSSR count). The van der Waals surface area contributed by atoms with E-state index in [1.807, 2.05) is 4.90 Å². The van der Waals surface area contributed by atoms with Gasteiger partial charge in [0.1, 0.15) is 0 Å². The number of hydrogen-bond donors (Lipinski definition) is 0. The van der Waals surface area contributed by atoms with E-state index in [0.29, 0.717) is 12.2 Å². The zero-order valence-corrected chi connectivity index (χ0v) is 12.8. The maximum absolute atomic E-state index is 13.1. The fourth-order valence-electron chi connectivity index (χ4n) is 2.51. The van der Waals surface area contributed by atoms with Gasteiger partial charge in [0.05, 0.1) is 11.7 Å². The van der Waals surface area contributed by atoms with Crippen LogP contribution in [0.15, 0.2) is 18.2 Å². The lowest BCUT2D eigenvalue weighted by atomic mass is 10.0. The van der Waals surface area contributed by atoms with Gasteiger partial charge >= 0.3 is 6.18 Å². The molecule has 1 aliphatic rings. The number of benzene rings is 1. The van der Waals surface area contributed by atoms with Crippen molar-refractivity contribution in [3.05, 3.63) is 29.3 Å². The summed E-state index contributed by atoms with van der Waals surface area (Å²) in [4.78, 5) is 1.96. The van der Waals surface area contributed by atoms with Crippen LogP contribution >= 0.6 is 15.9 Å². The first kappa shape index (κ1) is 15.6. The fourth-order valence-corrected chi connectivity index (χ4v) is 3.00. The van der Waals surface area contributed by atoms with Crippen LogP contribution in [0, 0.1) is 0 Å². The van der Waals surface area contributed by atoms with E-state index >= 15 is 0 Å². The molecule has 1 saturated heterocycles. The second-order valence-electron chi connectivity index (χ2n) is 4.92. The van der Waals surface area contributed by atoms with E-state index in [1.54, 1.807) is 19.2 Å². The van der Waals surface area contributed by atoms with Gasteiger partial charge in [-0.3, -0.25) is 0 Å². The molecule has 0 aliphatic carbocycles. The van der Waals surface area contributed by atoms with Gasteiger partial charge in [-0.25, -0.2) is 0 Å². The Kier molecular flexibility index (Phi) is 4.96. The molecule has 112 valence electrons. The molecule has 2 nitrogen and oxygen atoms in total. The molecule has 20 heavy (non-hydrogen) atoms. The minimum absolute atomic E-state index is 0.0916. The third-order valence-electron chi connectivity index (χ3n) is 3.62. The molecule has 0 radical (unpaired) electrons. The van der Waals surface area contributed by atoms with Gasteiger partial charge in [0.2, 0.25) is 0 Å². The van der Waals surface area contributed by atoms with Crippen molar-refractivity contribution in [1.82, 2.24) is 0 Å². The molecule has 1 aliphatic heterocycles. The molecule has 1 heterocycles. The van der Waals surface area contributed by atoms with Crippen LogP contribution in [0.4, 0.5) is 18.9 Å². The van der Waals surface area contributed by atoms with Crippen LogP contribution in [-0.4, -0.2) is 26.3 Å². The van der Waals surface area contributed by atoms with Crippen molar-refractivity contribution in [2.45, 2.75) is 30.5 Å². The SMILES string of the molecule is COC1CCCN(c2ccc(CBr)c(C(F)(F)F)c2)C1. The van der Waals surface area contributed by atoms with E-state index < -0.39 is 11.7 Å². The number of methoxy groups -OCH3 is 1. The van der Waals surface area contributed by atoms with Crippen molar-refractivity contribution in [3.63, 3.8) is 0 Å². The fraction of sp³-hybridized carbons (Fsp3) is 0.571. The Bertz CT molecular complexity index is 464. The lowest BCUT2D eigenvalue weighted by Crippen LogP contribution is -2.39. The van der Waals surface area contributed by atoms with Crippen LogP contribution in [0.25, 0.3) is 0 Å². The van der Waals surface area contributed by atoms with Crippen molar-refractivity contribution in [1.29, 1.82) is 0 Å². The maximum Gasteiger partial charge on any atom is 0.416 e. The van der Waals surface area contributed by atoms with Crippen LogP contribution in [0.3, 0.4) is 0 Å². The van der Waals surface area contributed by atoms with Crippen LogP contribution in [0.1, 0.15) is 24.0 Å². The summed E-state index contributed by atoms with van der Waals surface area (Å²) in [6.45, 7) is 1.41. The van der Waals surface area contributed by atoms with Gasteiger partial charge < -0.3 is 9.64 Å². The third kappa shape index (κ3) is 3.47. The van der Waals surface area contributed by atoms with Crippen molar-refractivity contribution in [2.75, 3.05) is 25.1 Å². The van der Waals surface area contributed by atoms with E-state index in [-0.39, 0.29) is 17.0 Å². The number of alkyl halides is 4.